The van der Waals surface area contributed by atoms with Gasteiger partial charge in [0, 0.05) is 32.7 Å². The zero-order chi connectivity index (χ0) is 14.4. The predicted octanol–water partition coefficient (Wildman–Crippen LogP) is 0.291. The Morgan fingerprint density at radius 2 is 2.14 bits per heavy atom. The molecule has 0 radical (unpaired) electrons. The van der Waals surface area contributed by atoms with Crippen LogP contribution in [0.3, 0.4) is 0 Å². The molecule has 0 aromatic carbocycles. The highest BCUT2D eigenvalue weighted by atomic mass is 35.5. The number of nitrogens with one attached hydrogen (secondary N) is 2. The normalized spacial score (nSPS) is 26.0. The van der Waals surface area contributed by atoms with E-state index in [0.717, 1.165) is 32.8 Å². The lowest BCUT2D eigenvalue weighted by Gasteiger charge is -2.34. The molecular weight excluding hydrogens is 329 g/mol. The third-order valence-electron chi connectivity index (χ3n) is 3.59. The Labute approximate surface area is 145 Å². The van der Waals surface area contributed by atoms with Gasteiger partial charge in [0.15, 0.2) is 0 Å². The van der Waals surface area contributed by atoms with Crippen LogP contribution in [-0.4, -0.2) is 75.5 Å². The van der Waals surface area contributed by atoms with Crippen LogP contribution < -0.4 is 10.6 Å². The summed E-state index contributed by atoms with van der Waals surface area (Å²) in [5.74, 6) is 0.668. The predicted molar refractivity (Wildman–Crippen MR) is 91.1 cm³/mol. The van der Waals surface area contributed by atoms with Gasteiger partial charge >= 0.3 is 0 Å². The summed E-state index contributed by atoms with van der Waals surface area (Å²) in [6.45, 7) is 10.6. The van der Waals surface area contributed by atoms with Gasteiger partial charge in [0.1, 0.15) is 6.04 Å². The average molecular weight is 358 g/mol. The maximum Gasteiger partial charge on any atom is 0.239 e. The molecule has 2 atom stereocenters. The molecule has 2 fully saturated rings. The SMILES string of the molecule is CC(C)CN1CCOC(CNC(=O)C2COCCN2)C1.Cl.Cl. The van der Waals surface area contributed by atoms with Crippen LogP contribution >= 0.6 is 24.8 Å². The van der Waals surface area contributed by atoms with E-state index in [4.69, 9.17) is 9.47 Å². The molecule has 0 aromatic rings. The molecule has 0 spiro atoms. The average Bonchev–Trinajstić information content (AvgIpc) is 2.45. The first-order valence-electron chi connectivity index (χ1n) is 7.58. The Bertz CT molecular complexity index is 316. The number of hydrogen-bond acceptors (Lipinski definition) is 5. The number of halogens is 2. The van der Waals surface area contributed by atoms with Gasteiger partial charge in [-0.2, -0.15) is 0 Å². The maximum absolute atomic E-state index is 12.0. The summed E-state index contributed by atoms with van der Waals surface area (Å²) >= 11 is 0. The van der Waals surface area contributed by atoms with Gasteiger partial charge in [0.25, 0.3) is 0 Å². The minimum absolute atomic E-state index is 0. The summed E-state index contributed by atoms with van der Waals surface area (Å²) in [4.78, 5) is 14.4. The van der Waals surface area contributed by atoms with Gasteiger partial charge in [0.2, 0.25) is 5.91 Å². The summed E-state index contributed by atoms with van der Waals surface area (Å²) in [5, 5.41) is 6.12. The molecule has 0 aliphatic carbocycles. The van der Waals surface area contributed by atoms with Crippen LogP contribution in [0.15, 0.2) is 0 Å². The zero-order valence-corrected chi connectivity index (χ0v) is 15.0. The van der Waals surface area contributed by atoms with Gasteiger partial charge in [-0.25, -0.2) is 0 Å². The van der Waals surface area contributed by atoms with Crippen LogP contribution in [0.4, 0.5) is 0 Å². The van der Waals surface area contributed by atoms with Gasteiger partial charge in [-0.15, -0.1) is 24.8 Å². The summed E-state index contributed by atoms with van der Waals surface area (Å²) in [6, 6.07) is -0.223. The van der Waals surface area contributed by atoms with E-state index in [2.05, 4.69) is 29.4 Å². The molecule has 132 valence electrons. The summed E-state index contributed by atoms with van der Waals surface area (Å²) in [5.41, 5.74) is 0. The van der Waals surface area contributed by atoms with Crippen LogP contribution in [0.25, 0.3) is 0 Å². The van der Waals surface area contributed by atoms with E-state index >= 15 is 0 Å². The van der Waals surface area contributed by atoms with Gasteiger partial charge in [-0.1, -0.05) is 13.8 Å². The molecule has 2 aliphatic heterocycles. The highest BCUT2D eigenvalue weighted by Gasteiger charge is 2.24. The number of carbonyl (C=O) groups excluding carboxylic acids is 1. The minimum Gasteiger partial charge on any atom is -0.378 e. The van der Waals surface area contributed by atoms with E-state index in [1.807, 2.05) is 0 Å². The minimum atomic E-state index is -0.223. The lowest BCUT2D eigenvalue weighted by Crippen LogP contribution is -2.54. The van der Waals surface area contributed by atoms with Crippen molar-refractivity contribution in [3.05, 3.63) is 0 Å². The monoisotopic (exact) mass is 357 g/mol. The second-order valence-electron chi connectivity index (χ2n) is 5.97. The van der Waals surface area contributed by atoms with Crippen LogP contribution in [0.2, 0.25) is 0 Å². The molecule has 6 nitrogen and oxygen atoms in total. The zero-order valence-electron chi connectivity index (χ0n) is 13.4. The molecule has 2 unspecified atom stereocenters. The molecule has 2 rings (SSSR count). The topological polar surface area (TPSA) is 62.8 Å². The molecule has 0 aromatic heterocycles. The van der Waals surface area contributed by atoms with Crippen LogP contribution in [0, 0.1) is 5.92 Å². The number of ether oxygens (including phenoxy) is 2. The van der Waals surface area contributed by atoms with Crippen molar-refractivity contribution in [1.29, 1.82) is 0 Å². The van der Waals surface area contributed by atoms with Crippen LogP contribution in [-0.2, 0) is 14.3 Å². The maximum atomic E-state index is 12.0. The highest BCUT2D eigenvalue weighted by molar-refractivity contribution is 5.85. The molecule has 2 saturated heterocycles. The fourth-order valence-corrected chi connectivity index (χ4v) is 2.66. The van der Waals surface area contributed by atoms with E-state index in [9.17, 15) is 4.79 Å². The Hall–Kier alpha value is -0.110. The van der Waals surface area contributed by atoms with E-state index in [1.165, 1.54) is 0 Å². The number of rotatable bonds is 5. The smallest absolute Gasteiger partial charge is 0.239 e. The second kappa shape index (κ2) is 11.4. The summed E-state index contributed by atoms with van der Waals surface area (Å²) in [6.07, 6.45) is 0.0935. The van der Waals surface area contributed by atoms with E-state index in [1.54, 1.807) is 0 Å². The number of amides is 1. The Morgan fingerprint density at radius 1 is 1.36 bits per heavy atom. The lowest BCUT2D eigenvalue weighted by atomic mass is 10.1. The number of hydrogen-bond donors (Lipinski definition) is 2. The van der Waals surface area contributed by atoms with Gasteiger partial charge < -0.3 is 20.1 Å². The van der Waals surface area contributed by atoms with Crippen molar-refractivity contribution < 1.29 is 14.3 Å². The molecule has 1 amide bonds. The van der Waals surface area contributed by atoms with Crippen LogP contribution in [0.5, 0.6) is 0 Å². The van der Waals surface area contributed by atoms with Crippen molar-refractivity contribution in [3.8, 4) is 0 Å². The molecule has 22 heavy (non-hydrogen) atoms. The number of nitrogens with zero attached hydrogens (tertiary/aromatic N) is 1. The Morgan fingerprint density at radius 3 is 2.77 bits per heavy atom. The van der Waals surface area contributed by atoms with Gasteiger partial charge in [-0.3, -0.25) is 9.69 Å². The first-order chi connectivity index (χ1) is 9.65. The van der Waals surface area contributed by atoms with Crippen molar-refractivity contribution in [2.45, 2.75) is 26.0 Å². The first-order valence-corrected chi connectivity index (χ1v) is 7.58. The molecule has 0 saturated carbocycles. The second-order valence-corrected chi connectivity index (χ2v) is 5.97. The van der Waals surface area contributed by atoms with Crippen molar-refractivity contribution >= 4 is 30.7 Å². The molecule has 0 bridgehead atoms. The van der Waals surface area contributed by atoms with Crippen molar-refractivity contribution in [2.75, 3.05) is 52.5 Å². The van der Waals surface area contributed by atoms with Crippen molar-refractivity contribution in [3.63, 3.8) is 0 Å². The highest BCUT2D eigenvalue weighted by Crippen LogP contribution is 2.07. The van der Waals surface area contributed by atoms with Gasteiger partial charge in [-0.05, 0) is 5.92 Å². The quantitative estimate of drug-likeness (QED) is 0.740. The van der Waals surface area contributed by atoms with Crippen LogP contribution in [0.1, 0.15) is 13.8 Å². The van der Waals surface area contributed by atoms with E-state index in [-0.39, 0.29) is 42.9 Å². The summed E-state index contributed by atoms with van der Waals surface area (Å²) < 4.78 is 11.0. The van der Waals surface area contributed by atoms with E-state index in [0.29, 0.717) is 25.7 Å². The number of morpholine rings is 2. The van der Waals surface area contributed by atoms with E-state index < -0.39 is 0 Å². The Balaban J connectivity index is 0.00000220. The molecule has 8 heteroatoms. The summed E-state index contributed by atoms with van der Waals surface area (Å²) in [7, 11) is 0. The number of carbonyl (C=O) groups is 1. The third-order valence-corrected chi connectivity index (χ3v) is 3.59. The Kier molecular flexibility index (Phi) is 11.4. The molecule has 2 N–H and O–H groups in total. The molecular formula is C14H29Cl2N3O3. The fraction of sp³-hybridized carbons (Fsp3) is 0.929. The van der Waals surface area contributed by atoms with Crippen molar-refractivity contribution in [2.24, 2.45) is 5.92 Å². The largest absolute Gasteiger partial charge is 0.378 e. The van der Waals surface area contributed by atoms with Gasteiger partial charge in [0.05, 0.1) is 25.9 Å². The fourth-order valence-electron chi connectivity index (χ4n) is 2.66. The first kappa shape index (κ1) is 21.9. The molecule has 2 heterocycles. The third kappa shape index (κ3) is 7.44. The standard InChI is InChI=1S/C14H27N3O3.2ClH/c1-11(2)8-17-4-6-20-12(9-17)7-16-14(18)13-10-19-5-3-15-13;;/h11-13,15H,3-10H2,1-2H3,(H,16,18);2*1H. The van der Waals surface area contributed by atoms with Crippen molar-refractivity contribution in [1.82, 2.24) is 15.5 Å². The molecule has 2 aliphatic rings. The lowest BCUT2D eigenvalue weighted by molar-refractivity contribution is -0.127.